The monoisotopic (exact) mass is 221 g/mol. The minimum Gasteiger partial charge on any atom is -0.396 e. The third kappa shape index (κ3) is 2.13. The molecule has 3 nitrogen and oxygen atoms in total. The Morgan fingerprint density at radius 2 is 1.56 bits per heavy atom. The van der Waals surface area contributed by atoms with E-state index in [-0.39, 0.29) is 5.56 Å². The van der Waals surface area contributed by atoms with E-state index >= 15 is 0 Å². The van der Waals surface area contributed by atoms with Crippen molar-refractivity contribution < 1.29 is 8.78 Å². The first kappa shape index (κ1) is 10.5. The Balaban J connectivity index is 2.31. The number of hydrogen-bond acceptors (Lipinski definition) is 3. The Morgan fingerprint density at radius 1 is 1.00 bits per heavy atom. The first-order chi connectivity index (χ1) is 7.66. The van der Waals surface area contributed by atoms with Crippen LogP contribution in [0.2, 0.25) is 0 Å². The number of rotatable bonds is 2. The first-order valence-corrected chi connectivity index (χ1v) is 4.63. The van der Waals surface area contributed by atoms with E-state index < -0.39 is 6.43 Å². The standard InChI is InChI=1S/C11H9F2N3/c12-10(13)7-1-3-8(4-2-7)11-15-5-9(14)6-16-11/h1-6,10H,14H2. The predicted molar refractivity (Wildman–Crippen MR) is 56.8 cm³/mol. The summed E-state index contributed by atoms with van der Waals surface area (Å²) < 4.78 is 24.6. The van der Waals surface area contributed by atoms with Crippen molar-refractivity contribution in [2.75, 3.05) is 5.73 Å². The highest BCUT2D eigenvalue weighted by Gasteiger charge is 2.07. The summed E-state index contributed by atoms with van der Waals surface area (Å²) in [5.41, 5.74) is 6.58. The molecule has 16 heavy (non-hydrogen) atoms. The highest BCUT2D eigenvalue weighted by atomic mass is 19.3. The van der Waals surface area contributed by atoms with Crippen LogP contribution in [0.5, 0.6) is 0 Å². The van der Waals surface area contributed by atoms with Gasteiger partial charge < -0.3 is 5.73 Å². The molecule has 1 aromatic heterocycles. The van der Waals surface area contributed by atoms with Gasteiger partial charge in [-0.1, -0.05) is 24.3 Å². The molecule has 0 saturated heterocycles. The van der Waals surface area contributed by atoms with E-state index in [4.69, 9.17) is 5.73 Å². The Labute approximate surface area is 91.0 Å². The van der Waals surface area contributed by atoms with Gasteiger partial charge in [0.1, 0.15) is 0 Å². The fourth-order valence-electron chi connectivity index (χ4n) is 1.26. The summed E-state index contributed by atoms with van der Waals surface area (Å²) in [6.07, 6.45) is 0.494. The molecule has 0 unspecified atom stereocenters. The van der Waals surface area contributed by atoms with Crippen molar-refractivity contribution in [2.24, 2.45) is 0 Å². The van der Waals surface area contributed by atoms with Crippen LogP contribution in [0.1, 0.15) is 12.0 Å². The zero-order chi connectivity index (χ0) is 11.5. The minimum atomic E-state index is -2.46. The van der Waals surface area contributed by atoms with Gasteiger partial charge >= 0.3 is 0 Å². The van der Waals surface area contributed by atoms with E-state index in [1.807, 2.05) is 0 Å². The largest absolute Gasteiger partial charge is 0.396 e. The van der Waals surface area contributed by atoms with Crippen LogP contribution in [0.4, 0.5) is 14.5 Å². The first-order valence-electron chi connectivity index (χ1n) is 4.63. The molecule has 2 aromatic rings. The van der Waals surface area contributed by atoms with Crippen molar-refractivity contribution in [3.8, 4) is 11.4 Å². The zero-order valence-electron chi connectivity index (χ0n) is 8.27. The SMILES string of the molecule is Nc1cnc(-c2ccc(C(F)F)cc2)nc1. The molecule has 1 aromatic carbocycles. The smallest absolute Gasteiger partial charge is 0.263 e. The second-order valence-corrected chi connectivity index (χ2v) is 3.26. The van der Waals surface area contributed by atoms with Crippen molar-refractivity contribution in [1.29, 1.82) is 0 Å². The lowest BCUT2D eigenvalue weighted by atomic mass is 10.1. The molecule has 0 atom stereocenters. The highest BCUT2D eigenvalue weighted by molar-refractivity contribution is 5.56. The van der Waals surface area contributed by atoms with Crippen LogP contribution in [-0.2, 0) is 0 Å². The second-order valence-electron chi connectivity index (χ2n) is 3.26. The molecular formula is C11H9F2N3. The lowest BCUT2D eigenvalue weighted by Gasteiger charge is -2.02. The Kier molecular flexibility index (Phi) is 2.76. The number of benzene rings is 1. The van der Waals surface area contributed by atoms with Gasteiger partial charge in [0.25, 0.3) is 6.43 Å². The quantitative estimate of drug-likeness (QED) is 0.848. The lowest BCUT2D eigenvalue weighted by Crippen LogP contribution is -1.92. The van der Waals surface area contributed by atoms with Crippen LogP contribution < -0.4 is 5.73 Å². The average Bonchev–Trinajstić information content (AvgIpc) is 2.30. The Morgan fingerprint density at radius 3 is 2.06 bits per heavy atom. The van der Waals surface area contributed by atoms with Gasteiger partial charge in [-0.25, -0.2) is 18.7 Å². The number of hydrogen-bond donors (Lipinski definition) is 1. The number of nitrogens with two attached hydrogens (primary N) is 1. The zero-order valence-corrected chi connectivity index (χ0v) is 8.27. The van der Waals surface area contributed by atoms with Crippen LogP contribution in [0.25, 0.3) is 11.4 Å². The van der Waals surface area contributed by atoms with Crippen LogP contribution in [0.3, 0.4) is 0 Å². The maximum atomic E-state index is 12.3. The number of alkyl halides is 2. The number of nitrogens with zero attached hydrogens (tertiary/aromatic N) is 2. The summed E-state index contributed by atoms with van der Waals surface area (Å²) in [6.45, 7) is 0. The maximum absolute atomic E-state index is 12.3. The second kappa shape index (κ2) is 4.22. The molecule has 1 heterocycles. The molecule has 2 rings (SSSR count). The number of nitrogen functional groups attached to an aromatic ring is 1. The third-order valence-corrected chi connectivity index (χ3v) is 2.09. The number of anilines is 1. The van der Waals surface area contributed by atoms with Gasteiger partial charge in [0.2, 0.25) is 0 Å². The molecule has 0 spiro atoms. The molecule has 0 fully saturated rings. The summed E-state index contributed by atoms with van der Waals surface area (Å²) in [5.74, 6) is 0.468. The van der Waals surface area contributed by atoms with Crippen LogP contribution >= 0.6 is 0 Å². The van der Waals surface area contributed by atoms with Gasteiger partial charge in [-0.15, -0.1) is 0 Å². The van der Waals surface area contributed by atoms with E-state index in [1.54, 1.807) is 12.1 Å². The van der Waals surface area contributed by atoms with Crippen molar-refractivity contribution in [2.45, 2.75) is 6.43 Å². The molecule has 0 aliphatic heterocycles. The van der Waals surface area contributed by atoms with Crippen LogP contribution in [-0.4, -0.2) is 9.97 Å². The average molecular weight is 221 g/mol. The van der Waals surface area contributed by atoms with E-state index in [1.165, 1.54) is 24.5 Å². The molecule has 0 aliphatic rings. The molecule has 0 bridgehead atoms. The van der Waals surface area contributed by atoms with Crippen LogP contribution in [0.15, 0.2) is 36.7 Å². The Bertz CT molecular complexity index is 466. The maximum Gasteiger partial charge on any atom is 0.263 e. The number of aromatic nitrogens is 2. The van der Waals surface area contributed by atoms with Crippen molar-refractivity contribution >= 4 is 5.69 Å². The highest BCUT2D eigenvalue weighted by Crippen LogP contribution is 2.22. The molecular weight excluding hydrogens is 212 g/mol. The van der Waals surface area contributed by atoms with E-state index in [2.05, 4.69) is 9.97 Å². The normalized spacial score (nSPS) is 10.7. The summed E-state index contributed by atoms with van der Waals surface area (Å²) >= 11 is 0. The van der Waals surface area contributed by atoms with E-state index in [9.17, 15) is 8.78 Å². The lowest BCUT2D eigenvalue weighted by molar-refractivity contribution is 0.151. The number of halogens is 2. The molecule has 82 valence electrons. The summed E-state index contributed by atoms with van der Waals surface area (Å²) in [4.78, 5) is 8.00. The topological polar surface area (TPSA) is 51.8 Å². The van der Waals surface area contributed by atoms with Crippen molar-refractivity contribution in [3.63, 3.8) is 0 Å². The molecule has 2 N–H and O–H groups in total. The summed E-state index contributed by atoms with van der Waals surface area (Å²) in [6, 6.07) is 5.85. The molecule has 0 saturated carbocycles. The summed E-state index contributed by atoms with van der Waals surface area (Å²) in [5, 5.41) is 0. The minimum absolute atomic E-state index is 0.0146. The molecule has 5 heteroatoms. The fourth-order valence-corrected chi connectivity index (χ4v) is 1.26. The van der Waals surface area contributed by atoms with Crippen molar-refractivity contribution in [3.05, 3.63) is 42.2 Å². The van der Waals surface area contributed by atoms with E-state index in [0.29, 0.717) is 17.1 Å². The molecule has 0 aliphatic carbocycles. The van der Waals surface area contributed by atoms with Crippen molar-refractivity contribution in [1.82, 2.24) is 9.97 Å². The third-order valence-electron chi connectivity index (χ3n) is 2.09. The van der Waals surface area contributed by atoms with Crippen LogP contribution in [0, 0.1) is 0 Å². The van der Waals surface area contributed by atoms with Gasteiger partial charge in [-0.05, 0) is 0 Å². The van der Waals surface area contributed by atoms with E-state index in [0.717, 1.165) is 0 Å². The van der Waals surface area contributed by atoms with Gasteiger partial charge in [0, 0.05) is 11.1 Å². The van der Waals surface area contributed by atoms with Gasteiger partial charge in [0.05, 0.1) is 18.1 Å². The summed E-state index contributed by atoms with van der Waals surface area (Å²) in [7, 11) is 0. The van der Waals surface area contributed by atoms with Gasteiger partial charge in [0.15, 0.2) is 5.82 Å². The van der Waals surface area contributed by atoms with Gasteiger partial charge in [-0.2, -0.15) is 0 Å². The Hall–Kier alpha value is -2.04. The molecule has 0 radical (unpaired) electrons. The molecule has 0 amide bonds. The predicted octanol–water partition coefficient (Wildman–Crippen LogP) is 2.66. The fraction of sp³-hybridized carbons (Fsp3) is 0.0909. The van der Waals surface area contributed by atoms with Gasteiger partial charge in [-0.3, -0.25) is 0 Å².